The summed E-state index contributed by atoms with van der Waals surface area (Å²) in [5.41, 5.74) is 1.34. The number of aryl methyl sites for hydroxylation is 1. The Hall–Kier alpha value is -2.14. The Balaban J connectivity index is 1.68. The maximum atomic E-state index is 12.3. The summed E-state index contributed by atoms with van der Waals surface area (Å²) < 4.78 is 4.65. The van der Waals surface area contributed by atoms with Crippen molar-refractivity contribution in [1.82, 2.24) is 4.90 Å². The number of amides is 1. The minimum atomic E-state index is -0.480. The molecule has 0 spiro atoms. The van der Waals surface area contributed by atoms with Crippen LogP contribution in [0, 0.1) is 5.92 Å². The third-order valence-corrected chi connectivity index (χ3v) is 6.21. The third kappa shape index (κ3) is 9.26. The molecule has 1 aliphatic rings. The van der Waals surface area contributed by atoms with Crippen LogP contribution in [0.1, 0.15) is 70.3 Å². The second kappa shape index (κ2) is 14.0. The van der Waals surface area contributed by atoms with E-state index in [1.807, 2.05) is 23.1 Å². The van der Waals surface area contributed by atoms with Gasteiger partial charge in [-0.15, -0.1) is 0 Å². The maximum Gasteiger partial charge on any atom is 0.305 e. The minimum Gasteiger partial charge on any atom is -0.469 e. The SMILES string of the molecule is COC(=O)CCCCCCN1C(=O)CC[C@@H]1/C=C/C(O)C(C)CCCc1ccccc1. The monoisotopic (exact) mass is 429 g/mol. The van der Waals surface area contributed by atoms with Crippen molar-refractivity contribution in [2.45, 2.75) is 83.3 Å². The number of hydrogen-bond donors (Lipinski definition) is 1. The Bertz CT molecular complexity index is 688. The van der Waals surface area contributed by atoms with Crippen LogP contribution in [0.4, 0.5) is 0 Å². The van der Waals surface area contributed by atoms with E-state index < -0.39 is 6.10 Å². The predicted molar refractivity (Wildman–Crippen MR) is 124 cm³/mol. The lowest BCUT2D eigenvalue weighted by Crippen LogP contribution is -2.33. The van der Waals surface area contributed by atoms with Gasteiger partial charge in [-0.25, -0.2) is 0 Å². The van der Waals surface area contributed by atoms with Gasteiger partial charge < -0.3 is 14.7 Å². The molecule has 31 heavy (non-hydrogen) atoms. The molecule has 1 amide bonds. The lowest BCUT2D eigenvalue weighted by atomic mass is 9.95. The minimum absolute atomic E-state index is 0.0914. The molecular weight excluding hydrogens is 390 g/mol. The van der Waals surface area contributed by atoms with Gasteiger partial charge in [0.05, 0.1) is 19.3 Å². The second-order valence-electron chi connectivity index (χ2n) is 8.66. The summed E-state index contributed by atoms with van der Waals surface area (Å²) in [7, 11) is 1.41. The van der Waals surface area contributed by atoms with Crippen LogP contribution in [0.15, 0.2) is 42.5 Å². The van der Waals surface area contributed by atoms with Gasteiger partial charge in [0.25, 0.3) is 0 Å². The van der Waals surface area contributed by atoms with Crippen molar-refractivity contribution in [3.8, 4) is 0 Å². The van der Waals surface area contributed by atoms with Gasteiger partial charge in [0.1, 0.15) is 0 Å². The number of benzene rings is 1. The second-order valence-corrected chi connectivity index (χ2v) is 8.66. The fourth-order valence-corrected chi connectivity index (χ4v) is 4.13. The van der Waals surface area contributed by atoms with Crippen molar-refractivity contribution in [3.63, 3.8) is 0 Å². The van der Waals surface area contributed by atoms with Crippen LogP contribution in [0.25, 0.3) is 0 Å². The average Bonchev–Trinajstić information content (AvgIpc) is 3.14. The molecule has 2 unspecified atom stereocenters. The standard InChI is InChI=1S/C26H39NO4/c1-21(11-10-14-22-12-6-5-7-13-22)24(28)18-16-23-17-19-25(29)27(23)20-9-4-3-8-15-26(30)31-2/h5-7,12-13,16,18,21,23-24,28H,3-4,8-11,14-15,17,19-20H2,1-2H3/b18-16+/t21?,23-,24?/m0/s1. The van der Waals surface area contributed by atoms with E-state index in [4.69, 9.17) is 0 Å². The van der Waals surface area contributed by atoms with E-state index in [9.17, 15) is 14.7 Å². The van der Waals surface area contributed by atoms with E-state index in [1.165, 1.54) is 12.7 Å². The van der Waals surface area contributed by atoms with Gasteiger partial charge in [0.2, 0.25) is 5.91 Å². The fourth-order valence-electron chi connectivity index (χ4n) is 4.13. The molecule has 2 rings (SSSR count). The van der Waals surface area contributed by atoms with Crippen LogP contribution in [-0.4, -0.2) is 47.7 Å². The van der Waals surface area contributed by atoms with Gasteiger partial charge in [-0.2, -0.15) is 0 Å². The van der Waals surface area contributed by atoms with Crippen molar-refractivity contribution in [1.29, 1.82) is 0 Å². The zero-order valence-corrected chi connectivity index (χ0v) is 19.2. The molecule has 172 valence electrons. The summed E-state index contributed by atoms with van der Waals surface area (Å²) in [4.78, 5) is 25.3. The van der Waals surface area contributed by atoms with E-state index in [-0.39, 0.29) is 23.8 Å². The first-order chi connectivity index (χ1) is 15.0. The first kappa shape index (κ1) is 25.1. The van der Waals surface area contributed by atoms with Gasteiger partial charge in [-0.1, -0.05) is 62.2 Å². The number of carbonyl (C=O) groups excluding carboxylic acids is 2. The molecular formula is C26H39NO4. The van der Waals surface area contributed by atoms with Crippen LogP contribution >= 0.6 is 0 Å². The number of aliphatic hydroxyl groups is 1. The van der Waals surface area contributed by atoms with E-state index >= 15 is 0 Å². The number of rotatable bonds is 14. The highest BCUT2D eigenvalue weighted by molar-refractivity contribution is 5.79. The van der Waals surface area contributed by atoms with Gasteiger partial charge in [-0.3, -0.25) is 9.59 Å². The number of hydrogen-bond acceptors (Lipinski definition) is 4. The van der Waals surface area contributed by atoms with Gasteiger partial charge in [0.15, 0.2) is 0 Å². The number of methoxy groups -OCH3 is 1. The molecule has 5 heteroatoms. The van der Waals surface area contributed by atoms with Crippen molar-refractivity contribution >= 4 is 11.9 Å². The topological polar surface area (TPSA) is 66.8 Å². The molecule has 1 fully saturated rings. The Morgan fingerprint density at radius 3 is 2.68 bits per heavy atom. The van der Waals surface area contributed by atoms with Crippen LogP contribution in [0.2, 0.25) is 0 Å². The van der Waals surface area contributed by atoms with Crippen LogP contribution in [0.3, 0.4) is 0 Å². The highest BCUT2D eigenvalue weighted by atomic mass is 16.5. The number of likely N-dealkylation sites (tertiary alicyclic amines) is 1. The molecule has 1 aromatic carbocycles. The zero-order chi connectivity index (χ0) is 22.5. The van der Waals surface area contributed by atoms with Crippen molar-refractivity contribution < 1.29 is 19.4 Å². The number of carbonyl (C=O) groups is 2. The maximum absolute atomic E-state index is 12.3. The molecule has 0 saturated carbocycles. The zero-order valence-electron chi connectivity index (χ0n) is 19.2. The van der Waals surface area contributed by atoms with Crippen LogP contribution in [-0.2, 0) is 20.7 Å². The number of aliphatic hydroxyl groups excluding tert-OH is 1. The van der Waals surface area contributed by atoms with Gasteiger partial charge in [0, 0.05) is 19.4 Å². The number of esters is 1. The number of unbranched alkanes of at least 4 members (excludes halogenated alkanes) is 3. The van der Waals surface area contributed by atoms with E-state index in [2.05, 4.69) is 35.9 Å². The average molecular weight is 430 g/mol. The summed E-state index contributed by atoms with van der Waals surface area (Å²) in [5, 5.41) is 10.5. The smallest absolute Gasteiger partial charge is 0.305 e. The molecule has 0 radical (unpaired) electrons. The molecule has 1 aliphatic heterocycles. The van der Waals surface area contributed by atoms with Gasteiger partial charge in [-0.05, 0) is 50.0 Å². The molecule has 5 nitrogen and oxygen atoms in total. The predicted octanol–water partition coefficient (Wildman–Crippen LogP) is 4.68. The fraction of sp³-hybridized carbons (Fsp3) is 0.615. The molecule has 1 N–H and O–H groups in total. The summed E-state index contributed by atoms with van der Waals surface area (Å²) in [5.74, 6) is 0.239. The number of ether oxygens (including phenoxy) is 1. The van der Waals surface area contributed by atoms with Crippen LogP contribution in [0.5, 0.6) is 0 Å². The molecule has 0 aromatic heterocycles. The normalized spacial score (nSPS) is 18.5. The molecule has 1 aromatic rings. The Kier molecular flexibility index (Phi) is 11.4. The van der Waals surface area contributed by atoms with Crippen LogP contribution < -0.4 is 0 Å². The highest BCUT2D eigenvalue weighted by Gasteiger charge is 2.28. The largest absolute Gasteiger partial charge is 0.469 e. The van der Waals surface area contributed by atoms with Gasteiger partial charge >= 0.3 is 5.97 Å². The summed E-state index contributed by atoms with van der Waals surface area (Å²) in [6.07, 6.45) is 12.1. The third-order valence-electron chi connectivity index (χ3n) is 6.21. The first-order valence-electron chi connectivity index (χ1n) is 11.8. The summed E-state index contributed by atoms with van der Waals surface area (Å²) in [6.45, 7) is 2.83. The molecule has 0 bridgehead atoms. The van der Waals surface area contributed by atoms with E-state index in [1.54, 1.807) is 0 Å². The summed E-state index contributed by atoms with van der Waals surface area (Å²) in [6, 6.07) is 10.5. The molecule has 1 saturated heterocycles. The van der Waals surface area contributed by atoms with Crippen molar-refractivity contribution in [3.05, 3.63) is 48.0 Å². The Morgan fingerprint density at radius 1 is 1.19 bits per heavy atom. The Morgan fingerprint density at radius 2 is 1.94 bits per heavy atom. The summed E-state index contributed by atoms with van der Waals surface area (Å²) >= 11 is 0. The Labute approximate surface area is 187 Å². The highest BCUT2D eigenvalue weighted by Crippen LogP contribution is 2.22. The first-order valence-corrected chi connectivity index (χ1v) is 11.8. The van der Waals surface area contributed by atoms with E-state index in [0.717, 1.165) is 57.9 Å². The molecule has 1 heterocycles. The number of nitrogens with zero attached hydrogens (tertiary/aromatic N) is 1. The lowest BCUT2D eigenvalue weighted by molar-refractivity contribution is -0.140. The van der Waals surface area contributed by atoms with E-state index in [0.29, 0.717) is 12.8 Å². The lowest BCUT2D eigenvalue weighted by Gasteiger charge is -2.23. The molecule has 0 aliphatic carbocycles. The quantitative estimate of drug-likeness (QED) is 0.265. The molecule has 3 atom stereocenters. The van der Waals surface area contributed by atoms with Crippen molar-refractivity contribution in [2.75, 3.05) is 13.7 Å². The van der Waals surface area contributed by atoms with Crippen molar-refractivity contribution in [2.24, 2.45) is 5.92 Å².